The number of hydrogen-bond acceptors (Lipinski definition) is 3. The Bertz CT molecular complexity index is 514. The van der Waals surface area contributed by atoms with Crippen LogP contribution in [0.25, 0.3) is 0 Å². The van der Waals surface area contributed by atoms with E-state index < -0.39 is 0 Å². The van der Waals surface area contributed by atoms with Crippen molar-refractivity contribution in [3.63, 3.8) is 0 Å². The molecule has 0 unspecified atom stereocenters. The second kappa shape index (κ2) is 5.57. The SMILES string of the molecule is CN1CCC(n2ccc(C(=O)N(C)C)cc2=O)CC1. The maximum atomic E-state index is 12.1. The fourth-order valence-corrected chi connectivity index (χ4v) is 2.46. The van der Waals surface area contributed by atoms with Gasteiger partial charge in [-0.3, -0.25) is 9.59 Å². The van der Waals surface area contributed by atoms with Crippen LogP contribution in [0.3, 0.4) is 0 Å². The minimum atomic E-state index is -0.132. The minimum absolute atomic E-state index is 0.0812. The van der Waals surface area contributed by atoms with Crippen LogP contribution in [0.4, 0.5) is 0 Å². The van der Waals surface area contributed by atoms with Gasteiger partial charge < -0.3 is 14.4 Å². The van der Waals surface area contributed by atoms with Crippen LogP contribution in [-0.4, -0.2) is 54.5 Å². The van der Waals surface area contributed by atoms with Gasteiger partial charge in [-0.2, -0.15) is 0 Å². The molecule has 1 saturated heterocycles. The van der Waals surface area contributed by atoms with Crippen molar-refractivity contribution in [3.8, 4) is 0 Å². The molecule has 1 amide bonds. The van der Waals surface area contributed by atoms with Gasteiger partial charge in [-0.1, -0.05) is 0 Å². The molecule has 1 aliphatic heterocycles. The van der Waals surface area contributed by atoms with Gasteiger partial charge in [-0.15, -0.1) is 0 Å². The molecular weight excluding hydrogens is 242 g/mol. The van der Waals surface area contributed by atoms with Crippen LogP contribution in [0, 0.1) is 0 Å². The third-order valence-corrected chi connectivity index (χ3v) is 3.68. The summed E-state index contributed by atoms with van der Waals surface area (Å²) in [6, 6.07) is 3.44. The normalized spacial score (nSPS) is 17.4. The Labute approximate surface area is 113 Å². The van der Waals surface area contributed by atoms with Crippen molar-refractivity contribution in [3.05, 3.63) is 34.2 Å². The zero-order valence-corrected chi connectivity index (χ0v) is 11.8. The molecule has 0 N–H and O–H groups in total. The van der Waals surface area contributed by atoms with Crippen molar-refractivity contribution in [2.24, 2.45) is 0 Å². The van der Waals surface area contributed by atoms with Gasteiger partial charge in [0, 0.05) is 38.0 Å². The van der Waals surface area contributed by atoms with Crippen LogP contribution >= 0.6 is 0 Å². The molecule has 2 heterocycles. The molecule has 19 heavy (non-hydrogen) atoms. The average molecular weight is 263 g/mol. The van der Waals surface area contributed by atoms with E-state index in [0.29, 0.717) is 5.56 Å². The lowest BCUT2D eigenvalue weighted by molar-refractivity contribution is 0.0827. The molecule has 104 valence electrons. The lowest BCUT2D eigenvalue weighted by Crippen LogP contribution is -2.35. The largest absolute Gasteiger partial charge is 0.345 e. The highest BCUT2D eigenvalue weighted by molar-refractivity contribution is 5.93. The predicted octanol–water partition coefficient (Wildman–Crippen LogP) is 0.817. The van der Waals surface area contributed by atoms with E-state index in [-0.39, 0.29) is 17.5 Å². The van der Waals surface area contributed by atoms with Crippen molar-refractivity contribution in [1.82, 2.24) is 14.4 Å². The zero-order chi connectivity index (χ0) is 14.0. The van der Waals surface area contributed by atoms with E-state index in [1.54, 1.807) is 30.9 Å². The molecule has 5 heteroatoms. The van der Waals surface area contributed by atoms with Crippen LogP contribution in [-0.2, 0) is 0 Å². The second-order valence-electron chi connectivity index (χ2n) is 5.39. The van der Waals surface area contributed by atoms with Gasteiger partial charge >= 0.3 is 0 Å². The van der Waals surface area contributed by atoms with Crippen LogP contribution in [0.15, 0.2) is 23.1 Å². The van der Waals surface area contributed by atoms with Crippen LogP contribution in [0.5, 0.6) is 0 Å². The van der Waals surface area contributed by atoms with E-state index in [1.165, 1.54) is 11.0 Å². The number of carbonyl (C=O) groups is 1. The number of aromatic nitrogens is 1. The fraction of sp³-hybridized carbons (Fsp3) is 0.571. The molecule has 1 aromatic rings. The molecule has 1 aliphatic rings. The summed E-state index contributed by atoms with van der Waals surface area (Å²) < 4.78 is 1.76. The summed E-state index contributed by atoms with van der Waals surface area (Å²) in [5.41, 5.74) is 0.376. The number of rotatable bonds is 2. The molecule has 0 aromatic carbocycles. The van der Waals surface area contributed by atoms with E-state index in [2.05, 4.69) is 11.9 Å². The fourth-order valence-electron chi connectivity index (χ4n) is 2.46. The number of piperidine rings is 1. The number of hydrogen-bond donors (Lipinski definition) is 0. The number of pyridine rings is 1. The van der Waals surface area contributed by atoms with Crippen LogP contribution < -0.4 is 5.56 Å². The van der Waals surface area contributed by atoms with E-state index in [9.17, 15) is 9.59 Å². The number of amides is 1. The molecule has 1 aromatic heterocycles. The molecule has 0 bridgehead atoms. The highest BCUT2D eigenvalue weighted by Crippen LogP contribution is 2.19. The summed E-state index contributed by atoms with van der Waals surface area (Å²) in [7, 11) is 5.47. The van der Waals surface area contributed by atoms with Crippen molar-refractivity contribution in [2.75, 3.05) is 34.2 Å². The average Bonchev–Trinajstić information content (AvgIpc) is 2.39. The maximum Gasteiger partial charge on any atom is 0.253 e. The Morgan fingerprint density at radius 1 is 1.32 bits per heavy atom. The van der Waals surface area contributed by atoms with E-state index >= 15 is 0 Å². The molecule has 0 saturated carbocycles. The topological polar surface area (TPSA) is 45.6 Å². The first-order chi connectivity index (χ1) is 8.99. The van der Waals surface area contributed by atoms with Crippen molar-refractivity contribution in [1.29, 1.82) is 0 Å². The summed E-state index contributed by atoms with van der Waals surface area (Å²) in [5, 5.41) is 0. The van der Waals surface area contributed by atoms with Gasteiger partial charge in [0.05, 0.1) is 0 Å². The number of likely N-dealkylation sites (tertiary alicyclic amines) is 1. The summed E-state index contributed by atoms with van der Waals surface area (Å²) in [4.78, 5) is 27.7. The number of nitrogens with zero attached hydrogens (tertiary/aromatic N) is 3. The monoisotopic (exact) mass is 263 g/mol. The third-order valence-electron chi connectivity index (χ3n) is 3.68. The Hall–Kier alpha value is -1.62. The Balaban J connectivity index is 2.20. The standard InChI is InChI=1S/C14H21N3O2/c1-15(2)14(19)11-4-9-17(13(18)10-11)12-5-7-16(3)8-6-12/h4,9-10,12H,5-8H2,1-3H3. The Morgan fingerprint density at radius 2 is 1.95 bits per heavy atom. The van der Waals surface area contributed by atoms with Gasteiger partial charge in [-0.25, -0.2) is 0 Å². The lowest BCUT2D eigenvalue weighted by Gasteiger charge is -2.30. The van der Waals surface area contributed by atoms with Crippen molar-refractivity contribution >= 4 is 5.91 Å². The van der Waals surface area contributed by atoms with E-state index in [4.69, 9.17) is 0 Å². The zero-order valence-electron chi connectivity index (χ0n) is 11.8. The minimum Gasteiger partial charge on any atom is -0.345 e. The Kier molecular flexibility index (Phi) is 4.04. The van der Waals surface area contributed by atoms with Gasteiger partial charge in [-0.05, 0) is 39.0 Å². The molecule has 0 aliphatic carbocycles. The van der Waals surface area contributed by atoms with Crippen LogP contribution in [0.2, 0.25) is 0 Å². The van der Waals surface area contributed by atoms with E-state index in [1.807, 2.05) is 0 Å². The first-order valence-electron chi connectivity index (χ1n) is 6.61. The van der Waals surface area contributed by atoms with Crippen LogP contribution in [0.1, 0.15) is 29.2 Å². The van der Waals surface area contributed by atoms with Crippen molar-refractivity contribution < 1.29 is 4.79 Å². The summed E-state index contributed by atoms with van der Waals surface area (Å²) in [6.07, 6.45) is 3.73. The molecule has 0 atom stereocenters. The third kappa shape index (κ3) is 3.04. The van der Waals surface area contributed by atoms with Gasteiger partial charge in [0.25, 0.3) is 11.5 Å². The van der Waals surface area contributed by atoms with Crippen molar-refractivity contribution in [2.45, 2.75) is 18.9 Å². The quantitative estimate of drug-likeness (QED) is 0.793. The molecule has 0 radical (unpaired) electrons. The molecule has 5 nitrogen and oxygen atoms in total. The molecule has 2 rings (SSSR count). The molecular formula is C14H21N3O2. The van der Waals surface area contributed by atoms with Gasteiger partial charge in [0.1, 0.15) is 0 Å². The molecule has 1 fully saturated rings. The number of carbonyl (C=O) groups excluding carboxylic acids is 1. The summed E-state index contributed by atoms with van der Waals surface area (Å²) in [6.45, 7) is 2.02. The smallest absolute Gasteiger partial charge is 0.253 e. The maximum absolute atomic E-state index is 12.1. The summed E-state index contributed by atoms with van der Waals surface area (Å²) >= 11 is 0. The summed E-state index contributed by atoms with van der Waals surface area (Å²) in [5.74, 6) is -0.132. The predicted molar refractivity (Wildman–Crippen MR) is 74.5 cm³/mol. The first kappa shape index (κ1) is 13.8. The second-order valence-corrected chi connectivity index (χ2v) is 5.39. The first-order valence-corrected chi connectivity index (χ1v) is 6.61. The Morgan fingerprint density at radius 3 is 2.47 bits per heavy atom. The van der Waals surface area contributed by atoms with E-state index in [0.717, 1.165) is 25.9 Å². The molecule has 0 spiro atoms. The van der Waals surface area contributed by atoms with Gasteiger partial charge in [0.2, 0.25) is 0 Å². The lowest BCUT2D eigenvalue weighted by atomic mass is 10.0. The van der Waals surface area contributed by atoms with Gasteiger partial charge in [0.15, 0.2) is 0 Å². The highest BCUT2D eigenvalue weighted by Gasteiger charge is 2.19. The highest BCUT2D eigenvalue weighted by atomic mass is 16.2.